The highest BCUT2D eigenvalue weighted by Crippen LogP contribution is 2.35. The van der Waals surface area contributed by atoms with Crippen LogP contribution in [-0.2, 0) is 26.2 Å². The summed E-state index contributed by atoms with van der Waals surface area (Å²) in [5, 5.41) is 3.40. The second kappa shape index (κ2) is 12.5. The van der Waals surface area contributed by atoms with E-state index >= 15 is 0 Å². The van der Waals surface area contributed by atoms with Gasteiger partial charge < -0.3 is 19.7 Å². The number of rotatable bonds is 11. The molecule has 0 aromatic heterocycles. The van der Waals surface area contributed by atoms with E-state index in [1.807, 2.05) is 13.8 Å². The zero-order chi connectivity index (χ0) is 27.2. The molecule has 0 aliphatic carbocycles. The highest BCUT2D eigenvalue weighted by Gasteiger charge is 2.31. The van der Waals surface area contributed by atoms with Crippen LogP contribution < -0.4 is 19.1 Å². The molecule has 1 aliphatic rings. The number of nitrogens with one attached hydrogen (secondary N) is 1. The summed E-state index contributed by atoms with van der Waals surface area (Å²) in [7, 11) is -3.84. The van der Waals surface area contributed by atoms with Crippen molar-refractivity contribution in [1.29, 1.82) is 0 Å². The maximum atomic E-state index is 13.7. The fourth-order valence-electron chi connectivity index (χ4n) is 3.73. The summed E-state index contributed by atoms with van der Waals surface area (Å²) >= 11 is 6.01. The first-order chi connectivity index (χ1) is 17.5. The maximum absolute atomic E-state index is 13.7. The quantitative estimate of drug-likeness (QED) is 0.458. The molecule has 0 bridgehead atoms. The minimum Gasteiger partial charge on any atom is -0.486 e. The molecule has 0 saturated heterocycles. The maximum Gasteiger partial charge on any atom is 0.244 e. The molecule has 1 heterocycles. The number of hydrogen-bond acceptors (Lipinski definition) is 6. The Morgan fingerprint density at radius 2 is 1.68 bits per heavy atom. The van der Waals surface area contributed by atoms with E-state index in [1.165, 1.54) is 11.8 Å². The summed E-state index contributed by atoms with van der Waals surface area (Å²) in [6.07, 6.45) is 0. The molecule has 0 spiro atoms. The number of carbonyl (C=O) groups is 2. The van der Waals surface area contributed by atoms with Gasteiger partial charge in [-0.2, -0.15) is 0 Å². The van der Waals surface area contributed by atoms with Gasteiger partial charge in [0.25, 0.3) is 0 Å². The lowest BCUT2D eigenvalue weighted by Gasteiger charge is -2.32. The Hall–Kier alpha value is -2.98. The Labute approximate surface area is 223 Å². The van der Waals surface area contributed by atoms with Gasteiger partial charge in [0.2, 0.25) is 21.8 Å². The number of anilines is 1. The van der Waals surface area contributed by atoms with Gasteiger partial charge >= 0.3 is 0 Å². The Morgan fingerprint density at radius 3 is 2.30 bits per heavy atom. The Kier molecular flexibility index (Phi) is 9.67. The topological polar surface area (TPSA) is 105 Å². The molecule has 2 amide bonds. The van der Waals surface area contributed by atoms with E-state index in [4.69, 9.17) is 21.1 Å². The zero-order valence-corrected chi connectivity index (χ0v) is 23.1. The Morgan fingerprint density at radius 1 is 1.03 bits per heavy atom. The van der Waals surface area contributed by atoms with Crippen molar-refractivity contribution in [2.75, 3.05) is 36.4 Å². The number of hydrogen-bond donors (Lipinski definition) is 1. The van der Waals surface area contributed by atoms with Gasteiger partial charge in [-0.3, -0.25) is 13.9 Å². The predicted octanol–water partition coefficient (Wildman–Crippen LogP) is 3.46. The minimum absolute atomic E-state index is 0.105. The number of sulfonamides is 1. The van der Waals surface area contributed by atoms with Crippen LogP contribution in [0.15, 0.2) is 42.5 Å². The van der Waals surface area contributed by atoms with Crippen LogP contribution in [0.5, 0.6) is 11.5 Å². The highest BCUT2D eigenvalue weighted by molar-refractivity contribution is 7.92. The lowest BCUT2D eigenvalue weighted by Crippen LogP contribution is -2.51. The van der Waals surface area contributed by atoms with Gasteiger partial charge in [0.05, 0.1) is 11.4 Å². The smallest absolute Gasteiger partial charge is 0.244 e. The number of ether oxygens (including phenoxy) is 2. The van der Waals surface area contributed by atoms with Crippen molar-refractivity contribution in [2.45, 2.75) is 40.3 Å². The SMILES string of the molecule is CCS(=O)(=O)N(CC(=O)N(Cc1ccc(Cl)cc1)[C@@H](C)C(=O)NCC(C)C)c1ccc2c(c1)OCCO2. The lowest BCUT2D eigenvalue weighted by molar-refractivity contribution is -0.139. The second-order valence-electron chi connectivity index (χ2n) is 9.20. The van der Waals surface area contributed by atoms with Gasteiger partial charge in [-0.05, 0) is 49.6 Å². The third-order valence-corrected chi connectivity index (χ3v) is 7.90. The van der Waals surface area contributed by atoms with Crippen molar-refractivity contribution < 1.29 is 27.5 Å². The third-order valence-electron chi connectivity index (χ3n) is 5.91. The van der Waals surface area contributed by atoms with E-state index in [1.54, 1.807) is 49.4 Å². The molecule has 11 heteroatoms. The molecule has 202 valence electrons. The average Bonchev–Trinajstić information content (AvgIpc) is 2.89. The number of nitrogens with zero attached hydrogens (tertiary/aromatic N) is 2. The van der Waals surface area contributed by atoms with E-state index < -0.39 is 28.5 Å². The first-order valence-electron chi connectivity index (χ1n) is 12.2. The van der Waals surface area contributed by atoms with E-state index in [0.29, 0.717) is 36.3 Å². The molecular weight excluding hydrogens is 518 g/mol. The molecule has 2 aromatic carbocycles. The third kappa shape index (κ3) is 7.52. The van der Waals surface area contributed by atoms with Crippen molar-refractivity contribution in [3.63, 3.8) is 0 Å². The molecule has 0 unspecified atom stereocenters. The van der Waals surface area contributed by atoms with Crippen molar-refractivity contribution in [3.05, 3.63) is 53.1 Å². The molecule has 37 heavy (non-hydrogen) atoms. The molecule has 2 aromatic rings. The zero-order valence-electron chi connectivity index (χ0n) is 21.6. The fraction of sp³-hybridized carbons (Fsp3) is 0.462. The molecule has 0 radical (unpaired) electrons. The van der Waals surface area contributed by atoms with Crippen molar-refractivity contribution in [1.82, 2.24) is 10.2 Å². The first kappa shape index (κ1) is 28.6. The number of carbonyl (C=O) groups excluding carboxylic acids is 2. The minimum atomic E-state index is -3.84. The fourth-order valence-corrected chi connectivity index (χ4v) is 4.91. The summed E-state index contributed by atoms with van der Waals surface area (Å²) in [6, 6.07) is 10.9. The van der Waals surface area contributed by atoms with Crippen LogP contribution in [0.3, 0.4) is 0 Å². The van der Waals surface area contributed by atoms with Gasteiger partial charge in [-0.1, -0.05) is 37.6 Å². The van der Waals surface area contributed by atoms with Crippen molar-refractivity contribution >= 4 is 39.1 Å². The van der Waals surface area contributed by atoms with Gasteiger partial charge in [0, 0.05) is 24.2 Å². The Bertz CT molecular complexity index is 1200. The van der Waals surface area contributed by atoms with Crippen LogP contribution in [0, 0.1) is 5.92 Å². The predicted molar refractivity (Wildman–Crippen MR) is 144 cm³/mol. The molecular formula is C26H34ClN3O6S. The van der Waals surface area contributed by atoms with Crippen LogP contribution in [0.1, 0.15) is 33.3 Å². The number of fused-ring (bicyclic) bond motifs is 1. The largest absolute Gasteiger partial charge is 0.486 e. The van der Waals surface area contributed by atoms with Gasteiger partial charge in [0.15, 0.2) is 11.5 Å². The van der Waals surface area contributed by atoms with E-state index in [0.717, 1.165) is 9.87 Å². The standard InChI is InChI=1S/C26H34ClN3O6S/c1-5-37(33,34)30(22-10-11-23-24(14-22)36-13-12-35-23)17-25(31)29(16-20-6-8-21(27)9-7-20)19(4)26(32)28-15-18(2)3/h6-11,14,18-19H,5,12-13,15-17H2,1-4H3,(H,28,32)/t19-/m0/s1. The van der Waals surface area contributed by atoms with Crippen molar-refractivity contribution in [2.24, 2.45) is 5.92 Å². The molecule has 9 nitrogen and oxygen atoms in total. The molecule has 1 atom stereocenters. The molecule has 0 fully saturated rings. The van der Waals surface area contributed by atoms with Crippen LogP contribution in [0.2, 0.25) is 5.02 Å². The van der Waals surface area contributed by atoms with Crippen LogP contribution in [0.4, 0.5) is 5.69 Å². The monoisotopic (exact) mass is 551 g/mol. The van der Waals surface area contributed by atoms with Crippen LogP contribution in [0.25, 0.3) is 0 Å². The second-order valence-corrected chi connectivity index (χ2v) is 11.8. The number of benzene rings is 2. The van der Waals surface area contributed by atoms with Gasteiger partial charge in [-0.15, -0.1) is 0 Å². The molecule has 1 aliphatic heterocycles. The highest BCUT2D eigenvalue weighted by atomic mass is 35.5. The first-order valence-corrected chi connectivity index (χ1v) is 14.2. The summed E-state index contributed by atoms with van der Waals surface area (Å²) < 4.78 is 38.4. The van der Waals surface area contributed by atoms with Gasteiger partial charge in [0.1, 0.15) is 25.8 Å². The lowest BCUT2D eigenvalue weighted by atomic mass is 10.1. The summed E-state index contributed by atoms with van der Waals surface area (Å²) in [4.78, 5) is 28.0. The average molecular weight is 552 g/mol. The molecule has 3 rings (SSSR count). The van der Waals surface area contributed by atoms with Crippen LogP contribution in [-0.4, -0.2) is 63.2 Å². The molecule has 0 saturated carbocycles. The van der Waals surface area contributed by atoms with E-state index in [-0.39, 0.29) is 29.8 Å². The Balaban J connectivity index is 1.92. The summed E-state index contributed by atoms with van der Waals surface area (Å²) in [5.41, 5.74) is 1.04. The van der Waals surface area contributed by atoms with Gasteiger partial charge in [-0.25, -0.2) is 8.42 Å². The normalized spacial score (nSPS) is 13.7. The van der Waals surface area contributed by atoms with E-state index in [2.05, 4.69) is 5.32 Å². The number of halogens is 1. The number of amides is 2. The van der Waals surface area contributed by atoms with Crippen molar-refractivity contribution in [3.8, 4) is 11.5 Å². The van der Waals surface area contributed by atoms with E-state index in [9.17, 15) is 18.0 Å². The molecule has 1 N–H and O–H groups in total. The summed E-state index contributed by atoms with van der Waals surface area (Å²) in [5.74, 6) is 0.101. The van der Waals surface area contributed by atoms with Crippen LogP contribution >= 0.6 is 11.6 Å². The summed E-state index contributed by atoms with van der Waals surface area (Å²) in [6.45, 7) is 7.92.